The summed E-state index contributed by atoms with van der Waals surface area (Å²) in [6.45, 7) is 2.12. The van der Waals surface area contributed by atoms with Crippen LogP contribution in [-0.4, -0.2) is 3.81 Å². The number of hydrogen-bond acceptors (Lipinski definition) is 0. The molecule has 0 aromatic heterocycles. The summed E-state index contributed by atoms with van der Waals surface area (Å²) in [5.41, 5.74) is 4.50. The first kappa shape index (κ1) is 33.7. The summed E-state index contributed by atoms with van der Waals surface area (Å²) in [5, 5.41) is 5.84. The second-order valence-corrected chi connectivity index (χ2v) is 12.7. The van der Waals surface area contributed by atoms with Crippen molar-refractivity contribution < 1.29 is 44.8 Å². The Balaban J connectivity index is 0.000000240. The van der Waals surface area contributed by atoms with Gasteiger partial charge in [0.2, 0.25) is 0 Å². The molecule has 0 spiro atoms. The van der Waals surface area contributed by atoms with Crippen LogP contribution in [0.4, 0.5) is 0 Å². The number of hydrogen-bond donors (Lipinski definition) is 0. The van der Waals surface area contributed by atoms with Gasteiger partial charge in [0.25, 0.3) is 0 Å². The van der Waals surface area contributed by atoms with Gasteiger partial charge in [-0.25, -0.2) is 12.2 Å². The predicted molar refractivity (Wildman–Crippen MR) is 166 cm³/mol. The van der Waals surface area contributed by atoms with Gasteiger partial charge in [-0.3, -0.25) is 6.08 Å². The molecule has 0 amide bonds. The van der Waals surface area contributed by atoms with Crippen LogP contribution in [0.3, 0.4) is 0 Å². The van der Waals surface area contributed by atoms with Gasteiger partial charge in [0.15, 0.2) is 0 Å². The first-order valence-corrected chi connectivity index (χ1v) is 15.9. The standard InChI is InChI=1S/C25H29.C8H8.C5H5.2ClH.Ti/c1-3-7-18(8-4-1)20-11-13-22-15-23-14-12-21(17-25(23)24(22)16-20)19-9-5-2-6-10-19;1-2-8-6-4-3-5-7-8;1-2-4-5-3-1;;;/h11-19H,1-10H2;3-7H,1H3;1-3H,4H2;2*1H;/q-1;;-1;;;+2/p-2. The van der Waals surface area contributed by atoms with E-state index in [1.54, 1.807) is 11.1 Å². The summed E-state index contributed by atoms with van der Waals surface area (Å²) in [5.74, 6) is 1.59. The molecular formula is C38H42Cl2Ti-2. The molecule has 214 valence electrons. The predicted octanol–water partition coefficient (Wildman–Crippen LogP) is 4.89. The van der Waals surface area contributed by atoms with Crippen LogP contribution in [0.2, 0.25) is 0 Å². The molecule has 2 fully saturated rings. The van der Waals surface area contributed by atoms with Crippen molar-refractivity contribution in [3.8, 4) is 0 Å². The molecule has 4 aromatic rings. The van der Waals surface area contributed by atoms with E-state index in [1.807, 2.05) is 18.2 Å². The van der Waals surface area contributed by atoms with Crippen LogP contribution in [0.5, 0.6) is 0 Å². The third-order valence-corrected chi connectivity index (χ3v) is 9.15. The summed E-state index contributed by atoms with van der Waals surface area (Å²) in [7, 11) is 0. The van der Waals surface area contributed by atoms with Gasteiger partial charge in [0.1, 0.15) is 0 Å². The summed E-state index contributed by atoms with van der Waals surface area (Å²) in [6, 6.07) is 27.4. The molecule has 0 radical (unpaired) electrons. The molecule has 0 heterocycles. The molecule has 0 saturated heterocycles. The fraction of sp³-hybridized carbons (Fsp3) is 0.368. The van der Waals surface area contributed by atoms with Gasteiger partial charge in [-0.2, -0.15) is 6.08 Å². The molecule has 0 nitrogen and oxygen atoms in total. The van der Waals surface area contributed by atoms with Crippen molar-refractivity contribution in [2.45, 2.75) is 89.4 Å². The zero-order chi connectivity index (χ0) is 26.9. The molecule has 3 heteroatoms. The fourth-order valence-corrected chi connectivity index (χ4v) is 6.70. The van der Waals surface area contributed by atoms with Crippen LogP contribution < -0.4 is 24.8 Å². The maximum atomic E-state index is 2.99. The van der Waals surface area contributed by atoms with Crippen molar-refractivity contribution in [3.05, 3.63) is 114 Å². The monoisotopic (exact) mass is 616 g/mol. The minimum atomic E-state index is 0. The SMILES string of the molecule is C[C](=[Ti+2])c1ccccc1.[C-]1=CC=CC1.[Cl-].[Cl-].c1cc2[cH-]c3ccc(C4CCCCC4)cc3c2cc1C1CCCCC1. The summed E-state index contributed by atoms with van der Waals surface area (Å²) < 4.78 is 1.37. The summed E-state index contributed by atoms with van der Waals surface area (Å²) in [4.78, 5) is 0. The van der Waals surface area contributed by atoms with E-state index in [9.17, 15) is 0 Å². The van der Waals surface area contributed by atoms with Gasteiger partial charge in [0, 0.05) is 0 Å². The summed E-state index contributed by atoms with van der Waals surface area (Å²) >= 11 is 2.12. The zero-order valence-electron chi connectivity index (χ0n) is 24.3. The Labute approximate surface area is 271 Å². The first-order chi connectivity index (χ1) is 19.2. The molecule has 0 atom stereocenters. The van der Waals surface area contributed by atoms with E-state index in [4.69, 9.17) is 0 Å². The van der Waals surface area contributed by atoms with Gasteiger partial charge in [-0.1, -0.05) is 73.9 Å². The maximum absolute atomic E-state index is 2.99. The van der Waals surface area contributed by atoms with Crippen LogP contribution in [-0.2, 0) is 20.0 Å². The van der Waals surface area contributed by atoms with Gasteiger partial charge in [-0.15, -0.1) is 46.2 Å². The molecule has 7 rings (SSSR count). The van der Waals surface area contributed by atoms with Crippen molar-refractivity contribution in [1.82, 2.24) is 0 Å². The van der Waals surface area contributed by atoms with E-state index in [0.717, 1.165) is 18.3 Å². The Hall–Kier alpha value is -1.83. The van der Waals surface area contributed by atoms with Gasteiger partial charge >= 0.3 is 66.6 Å². The Kier molecular flexibility index (Phi) is 14.2. The van der Waals surface area contributed by atoms with E-state index in [0.29, 0.717) is 0 Å². The van der Waals surface area contributed by atoms with Crippen LogP contribution >= 0.6 is 0 Å². The van der Waals surface area contributed by atoms with Crippen LogP contribution in [0.25, 0.3) is 21.5 Å². The second-order valence-electron chi connectivity index (χ2n) is 11.5. The molecule has 3 aliphatic rings. The molecular weight excluding hydrogens is 575 g/mol. The Morgan fingerprint density at radius 3 is 1.59 bits per heavy atom. The van der Waals surface area contributed by atoms with Crippen molar-refractivity contribution in [2.75, 3.05) is 0 Å². The largest absolute Gasteiger partial charge is 1.00 e. The topological polar surface area (TPSA) is 0 Å². The Morgan fingerprint density at radius 1 is 0.707 bits per heavy atom. The van der Waals surface area contributed by atoms with E-state index < -0.39 is 0 Å². The molecule has 4 aromatic carbocycles. The van der Waals surface area contributed by atoms with Crippen LogP contribution in [0.1, 0.15) is 106 Å². The fourth-order valence-electron chi connectivity index (χ4n) is 6.44. The average Bonchev–Trinajstić information content (AvgIpc) is 3.70. The smallest absolute Gasteiger partial charge is 0.0175 e. The number of fused-ring (bicyclic) bond motifs is 3. The number of allylic oxidation sites excluding steroid dienone is 4. The zero-order valence-corrected chi connectivity index (χ0v) is 27.4. The Bertz CT molecular complexity index is 1330. The molecule has 0 aliphatic heterocycles. The van der Waals surface area contributed by atoms with E-state index in [2.05, 4.69) is 106 Å². The molecule has 0 N–H and O–H groups in total. The minimum Gasteiger partial charge on any atom is -1.00 e. The van der Waals surface area contributed by atoms with Crippen molar-refractivity contribution >= 4 is 25.4 Å². The first-order valence-electron chi connectivity index (χ1n) is 15.1. The van der Waals surface area contributed by atoms with Gasteiger partial charge < -0.3 is 24.8 Å². The number of benzene rings is 3. The minimum absolute atomic E-state index is 0. The van der Waals surface area contributed by atoms with E-state index >= 15 is 0 Å². The quantitative estimate of drug-likeness (QED) is 0.227. The van der Waals surface area contributed by atoms with E-state index in [-0.39, 0.29) is 24.8 Å². The molecule has 0 unspecified atom stereocenters. The third-order valence-electron chi connectivity index (χ3n) is 8.70. The number of rotatable bonds is 3. The summed E-state index contributed by atoms with van der Waals surface area (Å²) in [6.07, 6.45) is 24.1. The molecule has 2 saturated carbocycles. The van der Waals surface area contributed by atoms with Crippen LogP contribution in [0.15, 0.2) is 91.0 Å². The Morgan fingerprint density at radius 2 is 1.22 bits per heavy atom. The van der Waals surface area contributed by atoms with E-state index in [1.165, 1.54) is 95.1 Å². The molecule has 3 aliphatic carbocycles. The molecule has 41 heavy (non-hydrogen) atoms. The number of halogens is 2. The van der Waals surface area contributed by atoms with Gasteiger partial charge in [-0.05, 0) is 37.5 Å². The maximum Gasteiger partial charge on any atom is -0.0175 e. The van der Waals surface area contributed by atoms with Crippen molar-refractivity contribution in [1.29, 1.82) is 0 Å². The van der Waals surface area contributed by atoms with Crippen molar-refractivity contribution in [3.63, 3.8) is 0 Å². The van der Waals surface area contributed by atoms with Crippen molar-refractivity contribution in [2.24, 2.45) is 0 Å². The normalized spacial score (nSPS) is 16.7. The second kappa shape index (κ2) is 17.3. The van der Waals surface area contributed by atoms with Gasteiger partial charge in [0.05, 0.1) is 0 Å². The molecule has 0 bridgehead atoms. The van der Waals surface area contributed by atoms with Crippen LogP contribution in [0, 0.1) is 6.08 Å². The third kappa shape index (κ3) is 9.33. The average molecular weight is 618 g/mol.